The van der Waals surface area contributed by atoms with Crippen LogP contribution in [0.2, 0.25) is 0 Å². The van der Waals surface area contributed by atoms with E-state index in [-0.39, 0.29) is 0 Å². The van der Waals surface area contributed by atoms with Crippen molar-refractivity contribution in [3.63, 3.8) is 0 Å². The van der Waals surface area contributed by atoms with Crippen molar-refractivity contribution in [3.8, 4) is 0 Å². The smallest absolute Gasteiger partial charge is 0.158 e. The van der Waals surface area contributed by atoms with Crippen molar-refractivity contribution in [2.75, 3.05) is 19.7 Å². The number of nitrogens with one attached hydrogen (secondary N) is 1. The van der Waals surface area contributed by atoms with Crippen molar-refractivity contribution in [2.24, 2.45) is 13.0 Å². The van der Waals surface area contributed by atoms with Crippen LogP contribution >= 0.6 is 0 Å². The minimum Gasteiger partial charge on any atom is -0.373 e. The highest BCUT2D eigenvalue weighted by molar-refractivity contribution is 4.90. The molecule has 1 unspecified atom stereocenters. The number of hydrogen-bond acceptors (Lipinski definition) is 4. The van der Waals surface area contributed by atoms with Gasteiger partial charge in [-0.3, -0.25) is 0 Å². The second kappa shape index (κ2) is 5.41. The maximum atomic E-state index is 5.69. The zero-order chi connectivity index (χ0) is 11.4. The lowest BCUT2D eigenvalue weighted by Gasteiger charge is -2.22. The van der Waals surface area contributed by atoms with Gasteiger partial charge in [-0.1, -0.05) is 0 Å². The third kappa shape index (κ3) is 2.80. The monoisotopic (exact) mass is 224 g/mol. The molecule has 1 aliphatic rings. The molecule has 2 heterocycles. The number of ether oxygens (including phenoxy) is 1. The predicted octanol–water partition coefficient (Wildman–Crippen LogP) is 0.640. The molecule has 1 fully saturated rings. The van der Waals surface area contributed by atoms with E-state index in [1.165, 1.54) is 12.8 Å². The maximum Gasteiger partial charge on any atom is 0.158 e. The van der Waals surface area contributed by atoms with E-state index in [1.807, 2.05) is 18.5 Å². The maximum absolute atomic E-state index is 5.69. The average molecular weight is 224 g/mol. The molecule has 0 amide bonds. The van der Waals surface area contributed by atoms with Crippen molar-refractivity contribution in [3.05, 3.63) is 11.6 Å². The van der Waals surface area contributed by atoms with Gasteiger partial charge in [0.1, 0.15) is 12.4 Å². The molecule has 5 heteroatoms. The minimum absolute atomic E-state index is 0.563. The van der Waals surface area contributed by atoms with E-state index in [0.29, 0.717) is 12.5 Å². The average Bonchev–Trinajstić information content (AvgIpc) is 2.62. The highest BCUT2D eigenvalue weighted by Crippen LogP contribution is 2.11. The molecule has 0 spiro atoms. The summed E-state index contributed by atoms with van der Waals surface area (Å²) in [6.07, 6.45) is 2.53. The SMILES string of the molecule is Cc1nnc(COCC2CCCNC2)n1C. The Kier molecular flexibility index (Phi) is 3.90. The summed E-state index contributed by atoms with van der Waals surface area (Å²) < 4.78 is 7.66. The van der Waals surface area contributed by atoms with Crippen LogP contribution in [0.25, 0.3) is 0 Å². The molecule has 1 aliphatic heterocycles. The van der Waals surface area contributed by atoms with E-state index in [4.69, 9.17) is 4.74 Å². The van der Waals surface area contributed by atoms with Gasteiger partial charge >= 0.3 is 0 Å². The van der Waals surface area contributed by atoms with Gasteiger partial charge in [0.2, 0.25) is 0 Å². The lowest BCUT2D eigenvalue weighted by atomic mass is 10.0. The second-order valence-electron chi connectivity index (χ2n) is 4.45. The first-order valence-corrected chi connectivity index (χ1v) is 5.90. The van der Waals surface area contributed by atoms with Gasteiger partial charge in [0, 0.05) is 13.6 Å². The van der Waals surface area contributed by atoms with Crippen LogP contribution in [0.1, 0.15) is 24.5 Å². The fraction of sp³-hybridized carbons (Fsp3) is 0.818. The number of aromatic nitrogens is 3. The molecule has 1 aromatic heterocycles. The van der Waals surface area contributed by atoms with Gasteiger partial charge in [0.05, 0.1) is 6.61 Å². The molecule has 1 saturated heterocycles. The molecular weight excluding hydrogens is 204 g/mol. The van der Waals surface area contributed by atoms with Crippen molar-refractivity contribution in [1.29, 1.82) is 0 Å². The molecule has 0 aliphatic carbocycles. The lowest BCUT2D eigenvalue weighted by molar-refractivity contribution is 0.0727. The number of nitrogens with zero attached hydrogens (tertiary/aromatic N) is 3. The number of rotatable bonds is 4. The first kappa shape index (κ1) is 11.5. The Balaban J connectivity index is 1.73. The third-order valence-electron chi connectivity index (χ3n) is 3.17. The Morgan fingerprint density at radius 3 is 3.00 bits per heavy atom. The van der Waals surface area contributed by atoms with Crippen LogP contribution in [0.3, 0.4) is 0 Å². The molecule has 1 aromatic rings. The van der Waals surface area contributed by atoms with E-state index in [2.05, 4.69) is 15.5 Å². The van der Waals surface area contributed by atoms with Gasteiger partial charge in [-0.05, 0) is 32.2 Å². The molecule has 2 rings (SSSR count). The number of aryl methyl sites for hydroxylation is 1. The molecule has 5 nitrogen and oxygen atoms in total. The van der Waals surface area contributed by atoms with Crippen LogP contribution in [-0.4, -0.2) is 34.5 Å². The molecule has 1 N–H and O–H groups in total. The lowest BCUT2D eigenvalue weighted by Crippen LogP contribution is -2.32. The molecule has 1 atom stereocenters. The van der Waals surface area contributed by atoms with Crippen LogP contribution < -0.4 is 5.32 Å². The molecule has 16 heavy (non-hydrogen) atoms. The van der Waals surface area contributed by atoms with Crippen LogP contribution in [0.4, 0.5) is 0 Å². The summed E-state index contributed by atoms with van der Waals surface area (Å²) in [4.78, 5) is 0. The molecular formula is C11H20N4O. The van der Waals surface area contributed by atoms with Crippen LogP contribution in [0.5, 0.6) is 0 Å². The highest BCUT2D eigenvalue weighted by atomic mass is 16.5. The second-order valence-corrected chi connectivity index (χ2v) is 4.45. The Morgan fingerprint density at radius 1 is 1.50 bits per heavy atom. The summed E-state index contributed by atoms with van der Waals surface area (Å²) in [6, 6.07) is 0. The van der Waals surface area contributed by atoms with Crippen molar-refractivity contribution < 1.29 is 4.74 Å². The van der Waals surface area contributed by atoms with Gasteiger partial charge in [-0.15, -0.1) is 10.2 Å². The standard InChI is InChI=1S/C11H20N4O/c1-9-13-14-11(15(9)2)8-16-7-10-4-3-5-12-6-10/h10,12H,3-8H2,1-2H3. The summed E-state index contributed by atoms with van der Waals surface area (Å²) in [5.74, 6) is 2.49. The highest BCUT2D eigenvalue weighted by Gasteiger charge is 2.13. The molecule has 0 saturated carbocycles. The van der Waals surface area contributed by atoms with E-state index in [1.54, 1.807) is 0 Å². The first-order valence-electron chi connectivity index (χ1n) is 5.90. The van der Waals surface area contributed by atoms with E-state index >= 15 is 0 Å². The van der Waals surface area contributed by atoms with Gasteiger partial charge in [0.15, 0.2) is 5.82 Å². The van der Waals surface area contributed by atoms with Crippen molar-refractivity contribution in [2.45, 2.75) is 26.4 Å². The largest absolute Gasteiger partial charge is 0.373 e. The number of hydrogen-bond donors (Lipinski definition) is 1. The molecule has 90 valence electrons. The Morgan fingerprint density at radius 2 is 2.38 bits per heavy atom. The topological polar surface area (TPSA) is 52.0 Å². The fourth-order valence-electron chi connectivity index (χ4n) is 1.96. The Labute approximate surface area is 96.2 Å². The summed E-state index contributed by atoms with van der Waals surface area (Å²) in [5.41, 5.74) is 0. The van der Waals surface area contributed by atoms with Gasteiger partial charge in [-0.25, -0.2) is 0 Å². The third-order valence-corrected chi connectivity index (χ3v) is 3.17. The number of piperidine rings is 1. The molecule has 0 bridgehead atoms. The molecule has 0 aromatic carbocycles. The van der Waals surface area contributed by atoms with Gasteiger partial charge in [0.25, 0.3) is 0 Å². The normalized spacial score (nSPS) is 21.2. The summed E-state index contributed by atoms with van der Waals surface area (Å²) in [7, 11) is 1.97. The van der Waals surface area contributed by atoms with E-state index < -0.39 is 0 Å². The zero-order valence-corrected chi connectivity index (χ0v) is 10.1. The first-order chi connectivity index (χ1) is 7.77. The van der Waals surface area contributed by atoms with Crippen LogP contribution in [0, 0.1) is 12.8 Å². The Bertz CT molecular complexity index is 331. The fourth-order valence-corrected chi connectivity index (χ4v) is 1.96. The van der Waals surface area contributed by atoms with E-state index in [9.17, 15) is 0 Å². The van der Waals surface area contributed by atoms with Gasteiger partial charge in [-0.2, -0.15) is 0 Å². The van der Waals surface area contributed by atoms with Crippen molar-refractivity contribution in [1.82, 2.24) is 20.1 Å². The van der Waals surface area contributed by atoms with Crippen LogP contribution in [0.15, 0.2) is 0 Å². The predicted molar refractivity (Wildman–Crippen MR) is 61.0 cm³/mol. The summed E-state index contributed by atoms with van der Waals surface area (Å²) in [5, 5.41) is 11.5. The zero-order valence-electron chi connectivity index (χ0n) is 10.1. The summed E-state index contributed by atoms with van der Waals surface area (Å²) >= 11 is 0. The van der Waals surface area contributed by atoms with Gasteiger partial charge < -0.3 is 14.6 Å². The molecule has 0 radical (unpaired) electrons. The van der Waals surface area contributed by atoms with Crippen LogP contribution in [-0.2, 0) is 18.4 Å². The van der Waals surface area contributed by atoms with E-state index in [0.717, 1.165) is 31.3 Å². The quantitative estimate of drug-likeness (QED) is 0.815. The minimum atomic E-state index is 0.563. The van der Waals surface area contributed by atoms with Crippen molar-refractivity contribution >= 4 is 0 Å². The summed E-state index contributed by atoms with van der Waals surface area (Å²) in [6.45, 7) is 5.56. The Hall–Kier alpha value is -0.940.